The first-order valence-corrected chi connectivity index (χ1v) is 11.2. The summed E-state index contributed by atoms with van der Waals surface area (Å²) < 4.78 is 35.2. The molecular weight excluding hydrogens is 427 g/mol. The van der Waals surface area contributed by atoms with Crippen LogP contribution < -0.4 is 14.1 Å². The van der Waals surface area contributed by atoms with Crippen molar-refractivity contribution in [2.75, 3.05) is 13.2 Å². The summed E-state index contributed by atoms with van der Waals surface area (Å²) in [7, 11) is -4.11. The summed E-state index contributed by atoms with van der Waals surface area (Å²) in [6.45, 7) is 2.51. The quantitative estimate of drug-likeness (QED) is 0.262. The molecule has 0 radical (unpaired) electrons. The number of para-hydroxylation sites is 1. The van der Waals surface area contributed by atoms with Crippen LogP contribution in [-0.2, 0) is 18.8 Å². The van der Waals surface area contributed by atoms with Gasteiger partial charge >= 0.3 is 13.7 Å². The molecule has 3 rings (SSSR count). The lowest BCUT2D eigenvalue weighted by molar-refractivity contribution is -0.384. The Morgan fingerprint density at radius 1 is 1.10 bits per heavy atom. The molecule has 0 aliphatic carbocycles. The van der Waals surface area contributed by atoms with Gasteiger partial charge in [0.05, 0.1) is 18.1 Å². The molecule has 2 unspecified atom stereocenters. The van der Waals surface area contributed by atoms with Crippen LogP contribution in [-0.4, -0.2) is 36.3 Å². The third-order valence-electron chi connectivity index (χ3n) is 4.40. The van der Waals surface area contributed by atoms with E-state index < -0.39 is 24.7 Å². The Kier molecular flexibility index (Phi) is 7.62. The van der Waals surface area contributed by atoms with Crippen molar-refractivity contribution in [2.45, 2.75) is 31.9 Å². The first-order valence-electron chi connectivity index (χ1n) is 9.69. The monoisotopic (exact) mass is 450 g/mol. The zero-order valence-corrected chi connectivity index (χ0v) is 17.7. The number of non-ortho nitro benzene ring substituents is 1. The summed E-state index contributed by atoms with van der Waals surface area (Å²) in [6.07, 6.45) is 0.918. The summed E-state index contributed by atoms with van der Waals surface area (Å²) in [5.41, 5.74) is -0.146. The lowest BCUT2D eigenvalue weighted by atomic mass is 10.1. The molecule has 1 N–H and O–H groups in total. The van der Waals surface area contributed by atoms with E-state index in [1.165, 1.54) is 31.2 Å². The van der Waals surface area contributed by atoms with Crippen molar-refractivity contribution >= 4 is 19.4 Å². The number of nitrogens with one attached hydrogen (secondary N) is 1. The van der Waals surface area contributed by atoms with Crippen molar-refractivity contribution in [1.29, 1.82) is 0 Å². The molecule has 2 atom stereocenters. The van der Waals surface area contributed by atoms with Crippen LogP contribution >= 0.6 is 7.75 Å². The maximum atomic E-state index is 13.5. The highest BCUT2D eigenvalue weighted by atomic mass is 31.2. The number of esters is 1. The Labute approximate surface area is 179 Å². The molecule has 2 aromatic carbocycles. The number of rotatable bonds is 9. The van der Waals surface area contributed by atoms with Crippen molar-refractivity contribution in [3.63, 3.8) is 0 Å². The molecule has 10 nitrogen and oxygen atoms in total. The molecule has 1 heterocycles. The van der Waals surface area contributed by atoms with Crippen LogP contribution in [0.1, 0.15) is 19.8 Å². The molecule has 0 spiro atoms. The first kappa shape index (κ1) is 22.7. The normalized spacial score (nSPS) is 17.2. The van der Waals surface area contributed by atoms with Crippen molar-refractivity contribution in [3.8, 4) is 11.5 Å². The van der Waals surface area contributed by atoms with Gasteiger partial charge in [0.15, 0.2) is 0 Å². The second kappa shape index (κ2) is 10.4. The second-order valence-corrected chi connectivity index (χ2v) is 8.46. The molecule has 1 aliphatic heterocycles. The van der Waals surface area contributed by atoms with Gasteiger partial charge in [-0.1, -0.05) is 18.2 Å². The SMILES string of the molecule is CC(NP(=O)(Oc1ccccc1)Oc1ccc([N+](=O)[O-])cc1)C(=O)OC1CCOCC1. The molecule has 0 amide bonds. The largest absolute Gasteiger partial charge is 0.513 e. The first-order chi connectivity index (χ1) is 14.8. The number of carbonyl (C=O) groups excluding carboxylic acids is 1. The minimum atomic E-state index is -4.11. The molecular formula is C20H23N2O8P. The maximum Gasteiger partial charge on any atom is 0.513 e. The lowest BCUT2D eigenvalue weighted by Crippen LogP contribution is -2.38. The van der Waals surface area contributed by atoms with E-state index in [4.69, 9.17) is 18.5 Å². The van der Waals surface area contributed by atoms with Gasteiger partial charge in [-0.3, -0.25) is 14.9 Å². The lowest BCUT2D eigenvalue weighted by Gasteiger charge is -2.26. The summed E-state index contributed by atoms with van der Waals surface area (Å²) in [5.74, 6) is -0.274. The van der Waals surface area contributed by atoms with E-state index in [-0.39, 0.29) is 23.3 Å². The van der Waals surface area contributed by atoms with Crippen LogP contribution in [0, 0.1) is 10.1 Å². The van der Waals surface area contributed by atoms with Crippen LogP contribution in [0.4, 0.5) is 5.69 Å². The Morgan fingerprint density at radius 3 is 2.26 bits per heavy atom. The van der Waals surface area contributed by atoms with Crippen LogP contribution in [0.3, 0.4) is 0 Å². The zero-order chi connectivity index (χ0) is 22.3. The number of hydrogen-bond acceptors (Lipinski definition) is 8. The fourth-order valence-electron chi connectivity index (χ4n) is 2.81. The van der Waals surface area contributed by atoms with Gasteiger partial charge in [0, 0.05) is 25.0 Å². The minimum Gasteiger partial charge on any atom is -0.461 e. The van der Waals surface area contributed by atoms with Gasteiger partial charge in [0.1, 0.15) is 23.6 Å². The highest BCUT2D eigenvalue weighted by molar-refractivity contribution is 7.52. The van der Waals surface area contributed by atoms with Gasteiger partial charge in [-0.2, -0.15) is 5.09 Å². The molecule has 1 saturated heterocycles. The van der Waals surface area contributed by atoms with E-state index in [1.54, 1.807) is 30.3 Å². The van der Waals surface area contributed by atoms with Gasteiger partial charge in [-0.15, -0.1) is 0 Å². The Bertz CT molecular complexity index is 932. The highest BCUT2D eigenvalue weighted by Crippen LogP contribution is 2.45. The second-order valence-electron chi connectivity index (χ2n) is 6.84. The topological polar surface area (TPSA) is 126 Å². The van der Waals surface area contributed by atoms with Crippen molar-refractivity contribution in [1.82, 2.24) is 5.09 Å². The number of nitrogens with zero attached hydrogens (tertiary/aromatic N) is 1. The Morgan fingerprint density at radius 2 is 1.68 bits per heavy atom. The predicted molar refractivity (Wildman–Crippen MR) is 111 cm³/mol. The summed E-state index contributed by atoms with van der Waals surface area (Å²) in [6, 6.07) is 12.3. The number of nitro benzene ring substituents is 1. The number of ether oxygens (including phenoxy) is 2. The van der Waals surface area contributed by atoms with E-state index in [1.807, 2.05) is 0 Å². The van der Waals surface area contributed by atoms with Crippen LogP contribution in [0.5, 0.6) is 11.5 Å². The van der Waals surface area contributed by atoms with Crippen molar-refractivity contribution in [2.24, 2.45) is 0 Å². The predicted octanol–water partition coefficient (Wildman–Crippen LogP) is 3.86. The third kappa shape index (κ3) is 6.78. The third-order valence-corrected chi connectivity index (χ3v) is 6.00. The molecule has 0 aromatic heterocycles. The number of hydrogen-bond donors (Lipinski definition) is 1. The van der Waals surface area contributed by atoms with E-state index in [2.05, 4.69) is 5.09 Å². The average molecular weight is 450 g/mol. The standard InChI is InChI=1S/C20H23N2O8P/c1-15(20(23)28-17-11-13-27-14-12-17)21-31(26,29-18-5-3-2-4-6-18)30-19-9-7-16(8-10-19)22(24)25/h2-10,15,17H,11-14H2,1H3,(H,21,26). The van der Waals surface area contributed by atoms with Crippen molar-refractivity contribution < 1.29 is 32.8 Å². The van der Waals surface area contributed by atoms with Gasteiger partial charge in [-0.05, 0) is 31.2 Å². The van der Waals surface area contributed by atoms with Gasteiger partial charge in [-0.25, -0.2) is 4.57 Å². The molecule has 2 aromatic rings. The highest BCUT2D eigenvalue weighted by Gasteiger charge is 2.34. The molecule has 0 saturated carbocycles. The molecule has 11 heteroatoms. The summed E-state index contributed by atoms with van der Waals surface area (Å²) >= 11 is 0. The van der Waals surface area contributed by atoms with Gasteiger partial charge in [0.25, 0.3) is 5.69 Å². The van der Waals surface area contributed by atoms with Crippen molar-refractivity contribution in [3.05, 3.63) is 64.7 Å². The fraction of sp³-hybridized carbons (Fsp3) is 0.350. The maximum absolute atomic E-state index is 13.5. The molecule has 166 valence electrons. The van der Waals surface area contributed by atoms with Crippen LogP contribution in [0.15, 0.2) is 54.6 Å². The van der Waals surface area contributed by atoms with Gasteiger partial charge in [0.2, 0.25) is 0 Å². The average Bonchev–Trinajstić information content (AvgIpc) is 2.75. The molecule has 1 aliphatic rings. The van der Waals surface area contributed by atoms with E-state index in [9.17, 15) is 19.5 Å². The van der Waals surface area contributed by atoms with Crippen LogP contribution in [0.2, 0.25) is 0 Å². The molecule has 0 bridgehead atoms. The summed E-state index contributed by atoms with van der Waals surface area (Å²) in [5, 5.41) is 13.4. The van der Waals surface area contributed by atoms with Gasteiger partial charge < -0.3 is 18.5 Å². The molecule has 1 fully saturated rings. The number of benzene rings is 2. The van der Waals surface area contributed by atoms with E-state index >= 15 is 0 Å². The number of carbonyl (C=O) groups is 1. The smallest absolute Gasteiger partial charge is 0.461 e. The molecule has 31 heavy (non-hydrogen) atoms. The van der Waals surface area contributed by atoms with Crippen LogP contribution in [0.25, 0.3) is 0 Å². The minimum absolute atomic E-state index is 0.0716. The van der Waals surface area contributed by atoms with E-state index in [0.29, 0.717) is 26.1 Å². The zero-order valence-electron chi connectivity index (χ0n) is 16.8. The fourth-order valence-corrected chi connectivity index (χ4v) is 4.33. The summed E-state index contributed by atoms with van der Waals surface area (Å²) in [4.78, 5) is 22.8. The Balaban J connectivity index is 1.73. The Hall–Kier alpha value is -2.94. The number of nitro groups is 1. The van der Waals surface area contributed by atoms with E-state index in [0.717, 1.165) is 0 Å².